The number of carboxylic acids is 1. The van der Waals surface area contributed by atoms with Crippen LogP contribution in [0.5, 0.6) is 5.75 Å². The molecular formula is C16H21NO4. The number of rotatable bonds is 5. The fourth-order valence-electron chi connectivity index (χ4n) is 2.58. The smallest absolute Gasteiger partial charge is 0.306 e. The lowest BCUT2D eigenvalue weighted by molar-refractivity contribution is -0.141. The minimum absolute atomic E-state index is 0.101. The third-order valence-corrected chi connectivity index (χ3v) is 3.65. The van der Waals surface area contributed by atoms with E-state index in [1.165, 1.54) is 0 Å². The average Bonchev–Trinajstić information content (AvgIpc) is 2.90. The SMILES string of the molecule is CC(C)Oc1ccc(NC(=O)C2CCC(C(=O)O)C2)cc1. The molecule has 0 heterocycles. The van der Waals surface area contributed by atoms with E-state index < -0.39 is 5.97 Å². The number of benzene rings is 1. The van der Waals surface area contributed by atoms with Crippen LogP contribution in [0.3, 0.4) is 0 Å². The Kier molecular flexibility index (Phi) is 4.83. The Balaban J connectivity index is 1.89. The Morgan fingerprint density at radius 3 is 2.33 bits per heavy atom. The van der Waals surface area contributed by atoms with Crippen molar-refractivity contribution >= 4 is 17.6 Å². The maximum absolute atomic E-state index is 12.1. The number of carbonyl (C=O) groups is 2. The average molecular weight is 291 g/mol. The van der Waals surface area contributed by atoms with Gasteiger partial charge in [0.05, 0.1) is 12.0 Å². The van der Waals surface area contributed by atoms with Gasteiger partial charge in [0.25, 0.3) is 0 Å². The zero-order valence-electron chi connectivity index (χ0n) is 12.3. The van der Waals surface area contributed by atoms with Gasteiger partial charge in [-0.3, -0.25) is 9.59 Å². The van der Waals surface area contributed by atoms with E-state index in [2.05, 4.69) is 5.32 Å². The van der Waals surface area contributed by atoms with Gasteiger partial charge in [-0.05, 0) is 57.4 Å². The summed E-state index contributed by atoms with van der Waals surface area (Å²) in [6.07, 6.45) is 1.75. The maximum Gasteiger partial charge on any atom is 0.306 e. The van der Waals surface area contributed by atoms with Gasteiger partial charge in [-0.2, -0.15) is 0 Å². The topological polar surface area (TPSA) is 75.6 Å². The van der Waals surface area contributed by atoms with Crippen LogP contribution in [0.25, 0.3) is 0 Å². The summed E-state index contributed by atoms with van der Waals surface area (Å²) in [5.74, 6) is -0.744. The molecule has 1 saturated carbocycles. The summed E-state index contributed by atoms with van der Waals surface area (Å²) in [6, 6.07) is 7.20. The van der Waals surface area contributed by atoms with Crippen molar-refractivity contribution in [1.29, 1.82) is 0 Å². The Hall–Kier alpha value is -2.04. The first-order chi connectivity index (χ1) is 9.95. The molecule has 2 N–H and O–H groups in total. The van der Waals surface area contributed by atoms with E-state index in [0.717, 1.165) is 5.75 Å². The molecular weight excluding hydrogens is 270 g/mol. The molecule has 114 valence electrons. The molecule has 2 atom stereocenters. The van der Waals surface area contributed by atoms with Crippen LogP contribution in [0, 0.1) is 11.8 Å². The number of carbonyl (C=O) groups excluding carboxylic acids is 1. The summed E-state index contributed by atoms with van der Waals surface area (Å²) in [6.45, 7) is 3.91. The number of amides is 1. The van der Waals surface area contributed by atoms with Gasteiger partial charge in [-0.25, -0.2) is 0 Å². The van der Waals surface area contributed by atoms with Gasteiger partial charge in [0.2, 0.25) is 5.91 Å². The molecule has 2 rings (SSSR count). The van der Waals surface area contributed by atoms with Gasteiger partial charge in [-0.1, -0.05) is 0 Å². The highest BCUT2D eigenvalue weighted by molar-refractivity contribution is 5.93. The number of aliphatic carboxylic acids is 1. The molecule has 5 heteroatoms. The number of anilines is 1. The molecule has 0 aromatic heterocycles. The number of carboxylic acid groups (broad SMARTS) is 1. The summed E-state index contributed by atoms with van der Waals surface area (Å²) >= 11 is 0. The molecule has 2 unspecified atom stereocenters. The van der Waals surface area contributed by atoms with E-state index >= 15 is 0 Å². The highest BCUT2D eigenvalue weighted by atomic mass is 16.5. The first-order valence-electron chi connectivity index (χ1n) is 7.26. The van der Waals surface area contributed by atoms with Crippen molar-refractivity contribution in [1.82, 2.24) is 0 Å². The number of hydrogen-bond donors (Lipinski definition) is 2. The summed E-state index contributed by atoms with van der Waals surface area (Å²) in [7, 11) is 0. The van der Waals surface area contributed by atoms with Gasteiger partial charge in [0, 0.05) is 11.6 Å². The van der Waals surface area contributed by atoms with Crippen molar-refractivity contribution in [3.05, 3.63) is 24.3 Å². The molecule has 0 saturated heterocycles. The molecule has 1 aliphatic carbocycles. The first-order valence-corrected chi connectivity index (χ1v) is 7.26. The number of nitrogens with one attached hydrogen (secondary N) is 1. The molecule has 5 nitrogen and oxygen atoms in total. The normalized spacial score (nSPS) is 21.3. The zero-order valence-corrected chi connectivity index (χ0v) is 12.3. The molecule has 1 aromatic carbocycles. The van der Waals surface area contributed by atoms with Crippen LogP contribution < -0.4 is 10.1 Å². The molecule has 0 spiro atoms. The van der Waals surface area contributed by atoms with Crippen LogP contribution in [0.2, 0.25) is 0 Å². The largest absolute Gasteiger partial charge is 0.491 e. The first kappa shape index (κ1) is 15.4. The minimum Gasteiger partial charge on any atom is -0.491 e. The Labute approximate surface area is 124 Å². The summed E-state index contributed by atoms with van der Waals surface area (Å²) in [4.78, 5) is 23.0. The number of ether oxygens (including phenoxy) is 1. The summed E-state index contributed by atoms with van der Waals surface area (Å²) in [5, 5.41) is 11.8. The van der Waals surface area contributed by atoms with Gasteiger partial charge >= 0.3 is 5.97 Å². The second-order valence-electron chi connectivity index (χ2n) is 5.73. The standard InChI is InChI=1S/C16H21NO4/c1-10(2)21-14-7-5-13(6-8-14)17-15(18)11-3-4-12(9-11)16(19)20/h5-8,10-12H,3-4,9H2,1-2H3,(H,17,18)(H,19,20). The second-order valence-corrected chi connectivity index (χ2v) is 5.73. The molecule has 1 aliphatic rings. The van der Waals surface area contributed by atoms with Crippen LogP contribution in [0.15, 0.2) is 24.3 Å². The van der Waals surface area contributed by atoms with Crippen molar-refractivity contribution in [2.24, 2.45) is 11.8 Å². The number of hydrogen-bond acceptors (Lipinski definition) is 3. The highest BCUT2D eigenvalue weighted by Crippen LogP contribution is 2.32. The quantitative estimate of drug-likeness (QED) is 0.874. The van der Waals surface area contributed by atoms with Crippen molar-refractivity contribution in [2.45, 2.75) is 39.2 Å². The molecule has 0 aliphatic heterocycles. The van der Waals surface area contributed by atoms with E-state index in [1.807, 2.05) is 26.0 Å². The van der Waals surface area contributed by atoms with Crippen molar-refractivity contribution in [2.75, 3.05) is 5.32 Å². The van der Waals surface area contributed by atoms with E-state index in [0.29, 0.717) is 24.9 Å². The van der Waals surface area contributed by atoms with E-state index in [4.69, 9.17) is 9.84 Å². The summed E-state index contributed by atoms with van der Waals surface area (Å²) in [5.41, 5.74) is 0.704. The lowest BCUT2D eigenvalue weighted by Gasteiger charge is -2.12. The van der Waals surface area contributed by atoms with Crippen LogP contribution in [-0.4, -0.2) is 23.1 Å². The van der Waals surface area contributed by atoms with Crippen molar-refractivity contribution in [3.63, 3.8) is 0 Å². The fourth-order valence-corrected chi connectivity index (χ4v) is 2.58. The Morgan fingerprint density at radius 2 is 1.81 bits per heavy atom. The predicted molar refractivity (Wildman–Crippen MR) is 79.3 cm³/mol. The van der Waals surface area contributed by atoms with Gasteiger partial charge in [0.1, 0.15) is 5.75 Å². The lowest BCUT2D eigenvalue weighted by atomic mass is 10.0. The molecule has 1 amide bonds. The molecule has 0 radical (unpaired) electrons. The molecule has 1 fully saturated rings. The molecule has 1 aromatic rings. The third kappa shape index (κ3) is 4.21. The zero-order chi connectivity index (χ0) is 15.4. The minimum atomic E-state index is -0.805. The van der Waals surface area contributed by atoms with Gasteiger partial charge < -0.3 is 15.2 Å². The molecule has 21 heavy (non-hydrogen) atoms. The summed E-state index contributed by atoms with van der Waals surface area (Å²) < 4.78 is 5.54. The third-order valence-electron chi connectivity index (χ3n) is 3.65. The van der Waals surface area contributed by atoms with Crippen LogP contribution in [0.1, 0.15) is 33.1 Å². The van der Waals surface area contributed by atoms with Crippen molar-refractivity contribution in [3.8, 4) is 5.75 Å². The van der Waals surface area contributed by atoms with Crippen molar-refractivity contribution < 1.29 is 19.4 Å². The molecule has 0 bridgehead atoms. The van der Waals surface area contributed by atoms with E-state index in [-0.39, 0.29) is 23.8 Å². The highest BCUT2D eigenvalue weighted by Gasteiger charge is 2.33. The van der Waals surface area contributed by atoms with Crippen LogP contribution in [0.4, 0.5) is 5.69 Å². The second kappa shape index (κ2) is 6.61. The van der Waals surface area contributed by atoms with E-state index in [1.54, 1.807) is 12.1 Å². The van der Waals surface area contributed by atoms with Gasteiger partial charge in [0.15, 0.2) is 0 Å². The maximum atomic E-state index is 12.1. The van der Waals surface area contributed by atoms with Crippen LogP contribution >= 0.6 is 0 Å². The van der Waals surface area contributed by atoms with E-state index in [9.17, 15) is 9.59 Å². The lowest BCUT2D eigenvalue weighted by Crippen LogP contribution is -2.21. The van der Waals surface area contributed by atoms with Crippen LogP contribution in [-0.2, 0) is 9.59 Å². The fraction of sp³-hybridized carbons (Fsp3) is 0.500. The predicted octanol–water partition coefficient (Wildman–Crippen LogP) is 2.91. The van der Waals surface area contributed by atoms with Gasteiger partial charge in [-0.15, -0.1) is 0 Å². The Bertz CT molecular complexity index is 510. The monoisotopic (exact) mass is 291 g/mol. The Morgan fingerprint density at radius 1 is 1.19 bits per heavy atom.